The zero-order valence-corrected chi connectivity index (χ0v) is 14.5. The molecule has 3 nitrogen and oxygen atoms in total. The summed E-state index contributed by atoms with van der Waals surface area (Å²) in [4.78, 5) is 17.6. The van der Waals surface area contributed by atoms with Crippen LogP contribution in [0.4, 0.5) is 0 Å². The highest BCUT2D eigenvalue weighted by molar-refractivity contribution is 8.01. The van der Waals surface area contributed by atoms with E-state index in [1.165, 1.54) is 31.4 Å². The van der Waals surface area contributed by atoms with E-state index in [9.17, 15) is 4.79 Å². The fourth-order valence-electron chi connectivity index (χ4n) is 4.67. The molecule has 2 fully saturated rings. The maximum Gasteiger partial charge on any atom is 0.224 e. The molecule has 0 radical (unpaired) electrons. The molecular formula is C19H26N2OS. The predicted molar refractivity (Wildman–Crippen MR) is 96.8 cm³/mol. The van der Waals surface area contributed by atoms with Crippen LogP contribution >= 0.6 is 11.8 Å². The number of rotatable bonds is 2. The van der Waals surface area contributed by atoms with Crippen molar-refractivity contribution in [1.82, 2.24) is 5.32 Å². The Morgan fingerprint density at radius 2 is 2.09 bits per heavy atom. The summed E-state index contributed by atoms with van der Waals surface area (Å²) in [5.74, 6) is 1.80. The Hall–Kier alpha value is -1.03. The summed E-state index contributed by atoms with van der Waals surface area (Å²) >= 11 is 1.97. The molecule has 0 aromatic rings. The van der Waals surface area contributed by atoms with Crippen LogP contribution in [0.2, 0.25) is 0 Å². The van der Waals surface area contributed by atoms with Crippen molar-refractivity contribution < 1.29 is 4.79 Å². The summed E-state index contributed by atoms with van der Waals surface area (Å²) in [6.07, 6.45) is 18.0. The number of allylic oxidation sites excluding steroid dienone is 3. The van der Waals surface area contributed by atoms with Gasteiger partial charge < -0.3 is 5.32 Å². The quantitative estimate of drug-likeness (QED) is 0.781. The normalized spacial score (nSPS) is 36.8. The maximum absolute atomic E-state index is 12.9. The number of hydrogen-bond acceptors (Lipinski definition) is 3. The highest BCUT2D eigenvalue weighted by Gasteiger charge is 2.54. The van der Waals surface area contributed by atoms with Crippen LogP contribution in [0.5, 0.6) is 0 Å². The summed E-state index contributed by atoms with van der Waals surface area (Å²) in [6.45, 7) is 0. The molecule has 3 atom stereocenters. The van der Waals surface area contributed by atoms with Gasteiger partial charge in [0.1, 0.15) is 0 Å². The van der Waals surface area contributed by atoms with Gasteiger partial charge in [-0.2, -0.15) is 0 Å². The van der Waals surface area contributed by atoms with Crippen molar-refractivity contribution in [3.8, 4) is 0 Å². The number of hydrogen-bond donors (Lipinski definition) is 1. The first-order valence-electron chi connectivity index (χ1n) is 9.14. The van der Waals surface area contributed by atoms with E-state index in [1.807, 2.05) is 18.0 Å². The second-order valence-electron chi connectivity index (χ2n) is 7.34. The van der Waals surface area contributed by atoms with Crippen LogP contribution in [-0.2, 0) is 4.79 Å². The first kappa shape index (κ1) is 15.5. The third kappa shape index (κ3) is 2.79. The minimum Gasteiger partial charge on any atom is -0.353 e. The number of carbonyl (C=O) groups is 1. The van der Waals surface area contributed by atoms with E-state index >= 15 is 0 Å². The Morgan fingerprint density at radius 1 is 1.26 bits per heavy atom. The zero-order valence-electron chi connectivity index (χ0n) is 13.7. The summed E-state index contributed by atoms with van der Waals surface area (Å²) in [5, 5.41) is 3.39. The molecule has 1 amide bonds. The Labute approximate surface area is 143 Å². The average molecular weight is 330 g/mol. The molecule has 124 valence electrons. The maximum atomic E-state index is 12.9. The number of nitrogens with one attached hydrogen (secondary N) is 1. The van der Waals surface area contributed by atoms with Crippen LogP contribution in [0.1, 0.15) is 51.4 Å². The predicted octanol–water partition coefficient (Wildman–Crippen LogP) is 3.86. The molecule has 23 heavy (non-hydrogen) atoms. The van der Waals surface area contributed by atoms with E-state index in [0.29, 0.717) is 17.9 Å². The Balaban J connectivity index is 1.48. The molecule has 1 saturated carbocycles. The van der Waals surface area contributed by atoms with Crippen LogP contribution in [0.3, 0.4) is 0 Å². The molecular weight excluding hydrogens is 304 g/mol. The molecule has 2 heterocycles. The highest BCUT2D eigenvalue weighted by Crippen LogP contribution is 2.57. The molecule has 2 aliphatic carbocycles. The van der Waals surface area contributed by atoms with E-state index in [1.54, 1.807) is 0 Å². The van der Waals surface area contributed by atoms with Crippen molar-refractivity contribution in [1.29, 1.82) is 0 Å². The van der Waals surface area contributed by atoms with Gasteiger partial charge in [-0.05, 0) is 37.7 Å². The van der Waals surface area contributed by atoms with E-state index in [0.717, 1.165) is 31.4 Å². The molecule has 0 aromatic heterocycles. The van der Waals surface area contributed by atoms with E-state index in [4.69, 9.17) is 0 Å². The highest BCUT2D eigenvalue weighted by atomic mass is 32.2. The summed E-state index contributed by atoms with van der Waals surface area (Å²) in [7, 11) is 0. The summed E-state index contributed by atoms with van der Waals surface area (Å²) in [5.41, 5.74) is 1.19. The van der Waals surface area contributed by atoms with Crippen molar-refractivity contribution in [3.05, 3.63) is 23.9 Å². The van der Waals surface area contributed by atoms with Gasteiger partial charge in [0, 0.05) is 18.0 Å². The van der Waals surface area contributed by atoms with Crippen molar-refractivity contribution >= 4 is 23.9 Å². The molecule has 1 N–H and O–H groups in total. The number of carbonyl (C=O) groups excluding carboxylic acids is 1. The Morgan fingerprint density at radius 3 is 2.91 bits per heavy atom. The smallest absolute Gasteiger partial charge is 0.224 e. The largest absolute Gasteiger partial charge is 0.353 e. The SMILES string of the molecule is O=C(NC1CCCCCC1)C1CSC23CC=CC=C2N=CCC13. The van der Waals surface area contributed by atoms with Gasteiger partial charge in [0.25, 0.3) is 0 Å². The average Bonchev–Trinajstić information content (AvgIpc) is 2.75. The third-order valence-electron chi connectivity index (χ3n) is 5.98. The lowest BCUT2D eigenvalue weighted by Crippen LogP contribution is -2.45. The van der Waals surface area contributed by atoms with Crippen LogP contribution in [0.25, 0.3) is 0 Å². The summed E-state index contributed by atoms with van der Waals surface area (Å²) < 4.78 is 0.0644. The van der Waals surface area contributed by atoms with Crippen LogP contribution in [0, 0.1) is 11.8 Å². The second-order valence-corrected chi connectivity index (χ2v) is 8.69. The van der Waals surface area contributed by atoms with Crippen molar-refractivity contribution in [2.75, 3.05) is 5.75 Å². The van der Waals surface area contributed by atoms with Crippen LogP contribution in [0.15, 0.2) is 28.9 Å². The monoisotopic (exact) mass is 330 g/mol. The van der Waals surface area contributed by atoms with Crippen LogP contribution < -0.4 is 5.32 Å². The van der Waals surface area contributed by atoms with Gasteiger partial charge >= 0.3 is 0 Å². The van der Waals surface area contributed by atoms with Gasteiger partial charge in [0.05, 0.1) is 16.4 Å². The van der Waals surface area contributed by atoms with E-state index in [-0.39, 0.29) is 10.7 Å². The molecule has 3 unspecified atom stereocenters. The molecule has 4 heteroatoms. The van der Waals surface area contributed by atoms with Gasteiger partial charge in [-0.3, -0.25) is 9.79 Å². The molecule has 2 aliphatic heterocycles. The molecule has 4 rings (SSSR count). The number of thioether (sulfide) groups is 1. The lowest BCUT2D eigenvalue weighted by atomic mass is 9.73. The second kappa shape index (κ2) is 6.46. The molecule has 1 spiro atoms. The fraction of sp³-hybridized carbons (Fsp3) is 0.684. The van der Waals surface area contributed by atoms with Crippen molar-refractivity contribution in [3.63, 3.8) is 0 Å². The molecule has 1 saturated heterocycles. The van der Waals surface area contributed by atoms with Crippen molar-refractivity contribution in [2.24, 2.45) is 16.8 Å². The summed E-state index contributed by atoms with van der Waals surface area (Å²) in [6, 6.07) is 0.407. The minimum atomic E-state index is 0.0644. The molecule has 0 bridgehead atoms. The Kier molecular flexibility index (Phi) is 4.35. The number of aliphatic imine (C=N–C) groups is 1. The first-order chi connectivity index (χ1) is 11.3. The van der Waals surface area contributed by atoms with Gasteiger partial charge in [-0.1, -0.05) is 37.8 Å². The molecule has 4 aliphatic rings. The number of nitrogens with zero attached hydrogens (tertiary/aromatic N) is 1. The molecule has 0 aromatic carbocycles. The first-order valence-corrected chi connectivity index (χ1v) is 10.1. The zero-order chi connectivity index (χ0) is 15.7. The van der Waals surface area contributed by atoms with Gasteiger partial charge in [-0.25, -0.2) is 0 Å². The third-order valence-corrected chi connectivity index (χ3v) is 7.70. The minimum absolute atomic E-state index is 0.0644. The van der Waals surface area contributed by atoms with Gasteiger partial charge in [0.15, 0.2) is 0 Å². The Bertz CT molecular complexity index is 560. The lowest BCUT2D eigenvalue weighted by molar-refractivity contribution is -0.126. The standard InChI is InChI=1S/C19H26N2OS/c22-18(21-14-7-3-1-2-4-8-14)15-13-23-19-11-6-5-9-17(19)20-12-10-16(15)19/h5-6,9,12,14-16H,1-4,7-8,10-11,13H2,(H,21,22). The topological polar surface area (TPSA) is 41.5 Å². The van der Waals surface area contributed by atoms with E-state index < -0.39 is 0 Å². The van der Waals surface area contributed by atoms with E-state index in [2.05, 4.69) is 28.5 Å². The van der Waals surface area contributed by atoms with Crippen LogP contribution in [-0.4, -0.2) is 28.7 Å². The lowest BCUT2D eigenvalue weighted by Gasteiger charge is -2.39. The van der Waals surface area contributed by atoms with Gasteiger partial charge in [0.2, 0.25) is 5.91 Å². The van der Waals surface area contributed by atoms with Crippen molar-refractivity contribution in [2.45, 2.75) is 62.2 Å². The fourth-order valence-corrected chi connectivity index (χ4v) is 6.49. The number of amides is 1. The van der Waals surface area contributed by atoms with Gasteiger partial charge in [-0.15, -0.1) is 11.8 Å².